The third-order valence-corrected chi connectivity index (χ3v) is 5.19. The predicted molar refractivity (Wildman–Crippen MR) is 98.9 cm³/mol. The molecule has 0 aromatic heterocycles. The first-order chi connectivity index (χ1) is 12.1. The van der Waals surface area contributed by atoms with Crippen LogP contribution in [0.5, 0.6) is 11.5 Å². The first-order valence-corrected chi connectivity index (χ1v) is 9.56. The monoisotopic (exact) mass is 409 g/mol. The molecule has 136 valence electrons. The van der Waals surface area contributed by atoms with Crippen molar-refractivity contribution in [2.45, 2.75) is 45.1 Å². The number of ether oxygens (including phenoxy) is 3. The fraction of sp³-hybridized carbons (Fsp3) is 0.526. The fourth-order valence-electron chi connectivity index (χ4n) is 3.21. The van der Waals surface area contributed by atoms with E-state index in [2.05, 4.69) is 27.3 Å². The van der Waals surface area contributed by atoms with Gasteiger partial charge in [-0.2, -0.15) is 0 Å². The molecule has 1 aliphatic carbocycles. The van der Waals surface area contributed by atoms with Gasteiger partial charge in [0.05, 0.1) is 0 Å². The molecule has 1 atom stereocenters. The largest absolute Gasteiger partial charge is 0.458 e. The van der Waals surface area contributed by atoms with E-state index >= 15 is 0 Å². The third-order valence-electron chi connectivity index (χ3n) is 4.45. The van der Waals surface area contributed by atoms with Crippen molar-refractivity contribution in [3.63, 3.8) is 0 Å². The van der Waals surface area contributed by atoms with Crippen molar-refractivity contribution >= 4 is 21.9 Å². The molecule has 0 unspecified atom stereocenters. The van der Waals surface area contributed by atoms with Gasteiger partial charge in [-0.25, -0.2) is 0 Å². The van der Waals surface area contributed by atoms with Crippen LogP contribution < -0.4 is 14.8 Å². The molecule has 1 aromatic carbocycles. The number of hydrogen-bond acceptors (Lipinski definition) is 5. The number of fused-ring (bicyclic) bond motifs is 1. The lowest BCUT2D eigenvalue weighted by molar-refractivity contribution is -0.144. The molecule has 1 aliphatic heterocycles. The van der Waals surface area contributed by atoms with Gasteiger partial charge < -0.3 is 19.5 Å². The standard InChI is InChI=1S/C19H24BrNO4/c1-13(22)25-16-5-4-14(9-16)3-2-7-21-8-6-15-10-18-19(11-17(15)20)24-12-23-18/h9-11,16,21H,2-8,12H2,1H3/t16-/m1/s1. The molecule has 0 bridgehead atoms. The van der Waals surface area contributed by atoms with Gasteiger partial charge in [-0.3, -0.25) is 4.79 Å². The van der Waals surface area contributed by atoms with E-state index in [0.29, 0.717) is 6.79 Å². The lowest BCUT2D eigenvalue weighted by atomic mass is 10.1. The maximum absolute atomic E-state index is 11.0. The summed E-state index contributed by atoms with van der Waals surface area (Å²) in [6, 6.07) is 4.02. The molecule has 1 aromatic rings. The maximum atomic E-state index is 11.0. The highest BCUT2D eigenvalue weighted by Crippen LogP contribution is 2.37. The zero-order valence-corrected chi connectivity index (χ0v) is 16.1. The quantitative estimate of drug-likeness (QED) is 0.402. The van der Waals surface area contributed by atoms with Crippen LogP contribution in [0.2, 0.25) is 0 Å². The molecule has 25 heavy (non-hydrogen) atoms. The molecule has 0 amide bonds. The van der Waals surface area contributed by atoms with Crippen LogP contribution >= 0.6 is 15.9 Å². The van der Waals surface area contributed by atoms with Gasteiger partial charge in [-0.15, -0.1) is 0 Å². The second-order valence-corrected chi connectivity index (χ2v) is 7.27. The van der Waals surface area contributed by atoms with Gasteiger partial charge in [0.2, 0.25) is 6.79 Å². The number of nitrogens with one attached hydrogen (secondary N) is 1. The van der Waals surface area contributed by atoms with E-state index < -0.39 is 0 Å². The minimum absolute atomic E-state index is 0.0104. The molecule has 1 heterocycles. The number of halogens is 1. The summed E-state index contributed by atoms with van der Waals surface area (Å²) < 4.78 is 17.1. The number of carbonyl (C=O) groups is 1. The summed E-state index contributed by atoms with van der Waals surface area (Å²) in [5.74, 6) is 1.44. The van der Waals surface area contributed by atoms with Crippen molar-refractivity contribution in [2.24, 2.45) is 0 Å². The van der Waals surface area contributed by atoms with E-state index in [-0.39, 0.29) is 12.1 Å². The molecule has 3 rings (SSSR count). The summed E-state index contributed by atoms with van der Waals surface area (Å²) in [6.45, 7) is 3.68. The summed E-state index contributed by atoms with van der Waals surface area (Å²) in [6.07, 6.45) is 7.19. The molecule has 0 fully saturated rings. The molecular weight excluding hydrogens is 386 g/mol. The van der Waals surface area contributed by atoms with E-state index in [1.54, 1.807) is 0 Å². The molecule has 5 nitrogen and oxygen atoms in total. The highest BCUT2D eigenvalue weighted by Gasteiger charge is 2.18. The lowest BCUT2D eigenvalue weighted by Crippen LogP contribution is -2.18. The SMILES string of the molecule is CC(=O)O[C@H]1C=C(CCCNCCc2cc3c(cc2Br)OCO3)CC1. The average molecular weight is 410 g/mol. The van der Waals surface area contributed by atoms with Crippen LogP contribution in [0.3, 0.4) is 0 Å². The number of esters is 1. The number of carbonyl (C=O) groups excluding carboxylic acids is 1. The Morgan fingerprint density at radius 3 is 2.88 bits per heavy atom. The highest BCUT2D eigenvalue weighted by atomic mass is 79.9. The van der Waals surface area contributed by atoms with E-state index in [9.17, 15) is 4.79 Å². The molecule has 6 heteroatoms. The molecule has 0 spiro atoms. The predicted octanol–water partition coefficient (Wildman–Crippen LogP) is 3.74. The minimum atomic E-state index is -0.196. The zero-order valence-electron chi connectivity index (χ0n) is 14.5. The van der Waals surface area contributed by atoms with E-state index in [1.165, 1.54) is 18.1 Å². The number of benzene rings is 1. The van der Waals surface area contributed by atoms with Crippen LogP contribution in [-0.2, 0) is 16.0 Å². The topological polar surface area (TPSA) is 56.8 Å². The normalized spacial score (nSPS) is 18.3. The van der Waals surface area contributed by atoms with Gasteiger partial charge in [0, 0.05) is 11.4 Å². The van der Waals surface area contributed by atoms with Crippen LogP contribution in [0.15, 0.2) is 28.3 Å². The van der Waals surface area contributed by atoms with Crippen molar-refractivity contribution in [3.05, 3.63) is 33.8 Å². The van der Waals surface area contributed by atoms with E-state index in [4.69, 9.17) is 14.2 Å². The van der Waals surface area contributed by atoms with Crippen LogP contribution in [0, 0.1) is 0 Å². The molecule has 0 saturated carbocycles. The van der Waals surface area contributed by atoms with Gasteiger partial charge in [0.25, 0.3) is 0 Å². The first-order valence-electron chi connectivity index (χ1n) is 8.77. The van der Waals surface area contributed by atoms with Crippen molar-refractivity contribution in [1.29, 1.82) is 0 Å². The summed E-state index contributed by atoms with van der Waals surface area (Å²) in [5, 5.41) is 3.49. The number of rotatable bonds is 8. The van der Waals surface area contributed by atoms with Gasteiger partial charge in [0.15, 0.2) is 11.5 Å². The second-order valence-electron chi connectivity index (χ2n) is 6.41. The van der Waals surface area contributed by atoms with Crippen LogP contribution in [0.1, 0.15) is 38.2 Å². The number of allylic oxidation sites excluding steroid dienone is 1. The van der Waals surface area contributed by atoms with Gasteiger partial charge in [-0.1, -0.05) is 21.5 Å². The van der Waals surface area contributed by atoms with Gasteiger partial charge in [0.1, 0.15) is 6.10 Å². The third kappa shape index (κ3) is 5.22. The summed E-state index contributed by atoms with van der Waals surface area (Å²) in [4.78, 5) is 11.0. The average Bonchev–Trinajstić information content (AvgIpc) is 3.19. The van der Waals surface area contributed by atoms with Crippen LogP contribution in [0.4, 0.5) is 0 Å². The molecule has 0 saturated heterocycles. The van der Waals surface area contributed by atoms with Gasteiger partial charge in [-0.05, 0) is 69.0 Å². The Balaban J connectivity index is 1.33. The minimum Gasteiger partial charge on any atom is -0.458 e. The van der Waals surface area contributed by atoms with Crippen molar-refractivity contribution in [3.8, 4) is 11.5 Å². The maximum Gasteiger partial charge on any atom is 0.303 e. The first kappa shape index (κ1) is 18.3. The molecule has 0 radical (unpaired) electrons. The molecule has 1 N–H and O–H groups in total. The van der Waals surface area contributed by atoms with Crippen molar-refractivity contribution in [2.75, 3.05) is 19.9 Å². The second kappa shape index (κ2) is 8.72. The zero-order chi connectivity index (χ0) is 17.6. The Bertz CT molecular complexity index is 659. The Hall–Kier alpha value is -1.53. The Kier molecular flexibility index (Phi) is 6.37. The summed E-state index contributed by atoms with van der Waals surface area (Å²) in [7, 11) is 0. The molecular formula is C19H24BrNO4. The number of hydrogen-bond donors (Lipinski definition) is 1. The fourth-order valence-corrected chi connectivity index (χ4v) is 3.73. The Morgan fingerprint density at radius 1 is 1.28 bits per heavy atom. The lowest BCUT2D eigenvalue weighted by Gasteiger charge is -2.08. The molecule has 2 aliphatic rings. The van der Waals surface area contributed by atoms with Crippen LogP contribution in [0.25, 0.3) is 0 Å². The summed E-state index contributed by atoms with van der Waals surface area (Å²) in [5.41, 5.74) is 2.63. The van der Waals surface area contributed by atoms with Crippen molar-refractivity contribution < 1.29 is 19.0 Å². The smallest absolute Gasteiger partial charge is 0.303 e. The van der Waals surface area contributed by atoms with Crippen LogP contribution in [-0.4, -0.2) is 32.0 Å². The van der Waals surface area contributed by atoms with Crippen molar-refractivity contribution in [1.82, 2.24) is 5.32 Å². The van der Waals surface area contributed by atoms with Gasteiger partial charge >= 0.3 is 5.97 Å². The Morgan fingerprint density at radius 2 is 2.08 bits per heavy atom. The Labute approximate surface area is 156 Å². The summed E-state index contributed by atoms with van der Waals surface area (Å²) >= 11 is 3.59. The highest BCUT2D eigenvalue weighted by molar-refractivity contribution is 9.10. The van der Waals surface area contributed by atoms with E-state index in [1.807, 2.05) is 12.1 Å². The van der Waals surface area contributed by atoms with E-state index in [0.717, 1.165) is 61.2 Å².